The molecule has 30 heavy (non-hydrogen) atoms. The summed E-state index contributed by atoms with van der Waals surface area (Å²) in [5.41, 5.74) is 4.75. The van der Waals surface area contributed by atoms with Gasteiger partial charge in [-0.1, -0.05) is 43.3 Å². The van der Waals surface area contributed by atoms with Crippen LogP contribution in [0.5, 0.6) is 0 Å². The van der Waals surface area contributed by atoms with E-state index < -0.39 is 10.0 Å². The van der Waals surface area contributed by atoms with Gasteiger partial charge in [0, 0.05) is 32.6 Å². The van der Waals surface area contributed by atoms with Gasteiger partial charge in [-0.05, 0) is 61.4 Å². The summed E-state index contributed by atoms with van der Waals surface area (Å²) >= 11 is 0. The van der Waals surface area contributed by atoms with Crippen molar-refractivity contribution in [2.75, 3.05) is 26.2 Å². The third kappa shape index (κ3) is 4.44. The van der Waals surface area contributed by atoms with E-state index in [4.69, 9.17) is 0 Å². The molecule has 0 aromatic heterocycles. The summed E-state index contributed by atoms with van der Waals surface area (Å²) in [4.78, 5) is 15.0. The van der Waals surface area contributed by atoms with Crippen LogP contribution in [-0.4, -0.2) is 49.7 Å². The Bertz CT molecular complexity index is 998. The van der Waals surface area contributed by atoms with Gasteiger partial charge in [-0.25, -0.2) is 8.42 Å². The van der Waals surface area contributed by atoms with Gasteiger partial charge < -0.3 is 4.90 Å². The Morgan fingerprint density at radius 2 is 1.47 bits per heavy atom. The van der Waals surface area contributed by atoms with Crippen LogP contribution in [0.1, 0.15) is 47.1 Å². The highest BCUT2D eigenvalue weighted by Crippen LogP contribution is 2.29. The minimum absolute atomic E-state index is 0.0853. The van der Waals surface area contributed by atoms with Crippen LogP contribution in [0.25, 0.3) is 0 Å². The van der Waals surface area contributed by atoms with Crippen molar-refractivity contribution in [3.05, 3.63) is 64.2 Å². The van der Waals surface area contributed by atoms with Crippen molar-refractivity contribution in [2.45, 2.75) is 51.9 Å². The summed E-state index contributed by atoms with van der Waals surface area (Å²) in [5.74, 6) is 0.225. The average Bonchev–Trinajstić information content (AvgIpc) is 2.73. The van der Waals surface area contributed by atoms with E-state index in [9.17, 15) is 13.2 Å². The second kappa shape index (κ2) is 8.90. The van der Waals surface area contributed by atoms with Crippen LogP contribution in [-0.2, 0) is 14.8 Å². The van der Waals surface area contributed by atoms with Crippen LogP contribution in [0.3, 0.4) is 0 Å². The van der Waals surface area contributed by atoms with Gasteiger partial charge in [0.1, 0.15) is 0 Å². The zero-order chi connectivity index (χ0) is 22.1. The molecule has 5 nitrogen and oxygen atoms in total. The molecular weight excluding hydrogens is 396 g/mol. The number of carbonyl (C=O) groups is 1. The van der Waals surface area contributed by atoms with E-state index in [-0.39, 0.29) is 11.8 Å². The molecule has 0 saturated carbocycles. The van der Waals surface area contributed by atoms with Gasteiger partial charge in [0.2, 0.25) is 15.9 Å². The summed E-state index contributed by atoms with van der Waals surface area (Å²) < 4.78 is 28.3. The number of nitrogens with zero attached hydrogens (tertiary/aromatic N) is 2. The molecule has 0 unspecified atom stereocenters. The van der Waals surface area contributed by atoms with Crippen molar-refractivity contribution >= 4 is 15.9 Å². The van der Waals surface area contributed by atoms with E-state index in [1.807, 2.05) is 64.1 Å². The van der Waals surface area contributed by atoms with Gasteiger partial charge in [0.25, 0.3) is 0 Å². The van der Waals surface area contributed by atoms with Gasteiger partial charge in [-0.15, -0.1) is 0 Å². The second-order valence-corrected chi connectivity index (χ2v) is 10.3. The Morgan fingerprint density at radius 1 is 0.933 bits per heavy atom. The first-order chi connectivity index (χ1) is 14.1. The summed E-state index contributed by atoms with van der Waals surface area (Å²) in [5, 5.41) is 0. The highest BCUT2D eigenvalue weighted by Gasteiger charge is 2.33. The molecule has 0 spiro atoms. The topological polar surface area (TPSA) is 57.7 Å². The number of rotatable bonds is 5. The summed E-state index contributed by atoms with van der Waals surface area (Å²) in [6.45, 7) is 11.2. The molecule has 3 rings (SSSR count). The van der Waals surface area contributed by atoms with Gasteiger partial charge in [0.05, 0.1) is 4.90 Å². The maximum absolute atomic E-state index is 13.4. The maximum atomic E-state index is 13.4. The van der Waals surface area contributed by atoms with E-state index in [1.54, 1.807) is 4.90 Å². The highest BCUT2D eigenvalue weighted by atomic mass is 32.2. The molecule has 1 atom stereocenters. The number of hydrogen-bond donors (Lipinski definition) is 0. The molecule has 2 aromatic carbocycles. The average molecular weight is 429 g/mol. The molecule has 1 fully saturated rings. The van der Waals surface area contributed by atoms with E-state index in [0.29, 0.717) is 37.5 Å². The molecule has 0 radical (unpaired) electrons. The zero-order valence-electron chi connectivity index (χ0n) is 18.6. The lowest BCUT2D eigenvalue weighted by atomic mass is 9.97. The van der Waals surface area contributed by atoms with Crippen LogP contribution in [0.4, 0.5) is 0 Å². The zero-order valence-corrected chi connectivity index (χ0v) is 19.4. The first kappa shape index (κ1) is 22.5. The van der Waals surface area contributed by atoms with Crippen molar-refractivity contribution in [2.24, 2.45) is 0 Å². The fourth-order valence-corrected chi connectivity index (χ4v) is 6.16. The van der Waals surface area contributed by atoms with E-state index >= 15 is 0 Å². The predicted octanol–water partition coefficient (Wildman–Crippen LogP) is 3.95. The first-order valence-corrected chi connectivity index (χ1v) is 12.0. The van der Waals surface area contributed by atoms with E-state index in [0.717, 1.165) is 27.8 Å². The van der Waals surface area contributed by atoms with Crippen molar-refractivity contribution in [3.8, 4) is 0 Å². The highest BCUT2D eigenvalue weighted by molar-refractivity contribution is 7.89. The second-order valence-electron chi connectivity index (χ2n) is 8.39. The molecule has 1 saturated heterocycles. The summed E-state index contributed by atoms with van der Waals surface area (Å²) in [7, 11) is -3.59. The van der Waals surface area contributed by atoms with Crippen LogP contribution in [0.2, 0.25) is 0 Å². The normalized spacial score (nSPS) is 16.5. The number of hydrogen-bond acceptors (Lipinski definition) is 3. The quantitative estimate of drug-likeness (QED) is 0.725. The maximum Gasteiger partial charge on any atom is 0.243 e. The Hall–Kier alpha value is -2.18. The van der Waals surface area contributed by atoms with Crippen molar-refractivity contribution in [1.82, 2.24) is 9.21 Å². The molecular formula is C24H32N2O3S. The van der Waals surface area contributed by atoms with E-state index in [2.05, 4.69) is 6.92 Å². The molecule has 6 heteroatoms. The van der Waals surface area contributed by atoms with Gasteiger partial charge in [-0.2, -0.15) is 4.31 Å². The Labute approximate surface area is 180 Å². The number of benzene rings is 2. The lowest BCUT2D eigenvalue weighted by Crippen LogP contribution is -2.50. The van der Waals surface area contributed by atoms with Gasteiger partial charge in [0.15, 0.2) is 0 Å². The molecule has 0 bridgehead atoms. The molecule has 1 aliphatic heterocycles. The smallest absolute Gasteiger partial charge is 0.243 e. The summed E-state index contributed by atoms with van der Waals surface area (Å²) in [6.07, 6.45) is 0.437. The van der Waals surface area contributed by atoms with Crippen molar-refractivity contribution < 1.29 is 13.2 Å². The molecule has 1 heterocycles. The minimum atomic E-state index is -3.59. The first-order valence-electron chi connectivity index (χ1n) is 10.5. The minimum Gasteiger partial charge on any atom is -0.340 e. The van der Waals surface area contributed by atoms with E-state index in [1.165, 1.54) is 4.31 Å². The Morgan fingerprint density at radius 3 is 2.00 bits per heavy atom. The fourth-order valence-electron chi connectivity index (χ4n) is 4.17. The lowest BCUT2D eigenvalue weighted by Gasteiger charge is -2.35. The van der Waals surface area contributed by atoms with Gasteiger partial charge >= 0.3 is 0 Å². The monoisotopic (exact) mass is 428 g/mol. The molecule has 162 valence electrons. The SMILES string of the molecule is Cc1cc(C)c(C)c(S(=O)(=O)N2CCN(C(=O)C[C@@H](C)c3ccccc3)CC2)c1C. The van der Waals surface area contributed by atoms with Crippen LogP contribution < -0.4 is 0 Å². The molecule has 0 aliphatic carbocycles. The lowest BCUT2D eigenvalue weighted by molar-refractivity contribution is -0.132. The number of aryl methyl sites for hydroxylation is 2. The fraction of sp³-hybridized carbons (Fsp3) is 0.458. The molecule has 2 aromatic rings. The number of sulfonamides is 1. The van der Waals surface area contributed by atoms with Crippen molar-refractivity contribution in [1.29, 1.82) is 0 Å². The third-order valence-corrected chi connectivity index (χ3v) is 8.51. The number of carbonyl (C=O) groups excluding carboxylic acids is 1. The standard InChI is InChI=1S/C24H32N2O3S/c1-17-15-18(2)21(5)24(20(17)4)30(28,29)26-13-11-25(12-14-26)23(27)16-19(3)22-9-7-6-8-10-22/h6-10,15,19H,11-14,16H2,1-5H3/t19-/m1/s1. The number of amides is 1. The molecule has 1 aliphatic rings. The summed E-state index contributed by atoms with van der Waals surface area (Å²) in [6, 6.07) is 12.0. The van der Waals surface area contributed by atoms with Gasteiger partial charge in [-0.3, -0.25) is 4.79 Å². The van der Waals surface area contributed by atoms with Crippen LogP contribution in [0.15, 0.2) is 41.3 Å². The Balaban J connectivity index is 1.69. The van der Waals surface area contributed by atoms with Crippen LogP contribution in [0, 0.1) is 27.7 Å². The number of piperazine rings is 1. The predicted molar refractivity (Wildman–Crippen MR) is 120 cm³/mol. The Kier molecular flexibility index (Phi) is 6.68. The van der Waals surface area contributed by atoms with Crippen molar-refractivity contribution in [3.63, 3.8) is 0 Å². The third-order valence-electron chi connectivity index (χ3n) is 6.34. The largest absolute Gasteiger partial charge is 0.340 e. The van der Waals surface area contributed by atoms with Crippen LogP contribution >= 0.6 is 0 Å². The molecule has 1 amide bonds. The molecule has 0 N–H and O–H groups in total.